The predicted molar refractivity (Wildman–Crippen MR) is 105 cm³/mol. The summed E-state index contributed by atoms with van der Waals surface area (Å²) < 4.78 is 0. The summed E-state index contributed by atoms with van der Waals surface area (Å²) >= 11 is 0. The molecule has 2 saturated heterocycles. The van der Waals surface area contributed by atoms with Crippen molar-refractivity contribution in [3.63, 3.8) is 0 Å². The van der Waals surface area contributed by atoms with E-state index < -0.39 is 57.1 Å². The van der Waals surface area contributed by atoms with Gasteiger partial charge in [-0.05, 0) is 24.3 Å². The summed E-state index contributed by atoms with van der Waals surface area (Å²) in [5.74, 6) is -6.54. The van der Waals surface area contributed by atoms with Gasteiger partial charge in [0.05, 0.1) is 44.9 Å². The lowest BCUT2D eigenvalue weighted by atomic mass is 9.59. The fourth-order valence-corrected chi connectivity index (χ4v) is 4.75. The Morgan fingerprint density at radius 3 is 1.00 bits per heavy atom. The first-order valence-electron chi connectivity index (χ1n) is 9.47. The van der Waals surface area contributed by atoms with Crippen LogP contribution in [-0.2, 0) is 19.2 Å². The van der Waals surface area contributed by atoms with Crippen LogP contribution < -0.4 is 9.80 Å². The molecule has 2 aliphatic heterocycles. The number of amides is 4. The molecule has 12 nitrogen and oxygen atoms in total. The van der Waals surface area contributed by atoms with Gasteiger partial charge in [0.15, 0.2) is 0 Å². The van der Waals surface area contributed by atoms with E-state index in [1.165, 1.54) is 24.3 Å². The quantitative estimate of drug-likeness (QED) is 0.395. The van der Waals surface area contributed by atoms with E-state index in [0.717, 1.165) is 34.1 Å². The largest absolute Gasteiger partial charge is 0.274 e. The molecule has 1 aliphatic carbocycles. The molecule has 1 saturated carbocycles. The number of imide groups is 2. The van der Waals surface area contributed by atoms with E-state index >= 15 is 0 Å². The number of anilines is 2. The minimum atomic E-state index is -0.998. The number of carbonyl (C=O) groups excluding carboxylic acids is 4. The Hall–Kier alpha value is -4.48. The second kappa shape index (κ2) is 6.51. The molecule has 0 unspecified atom stereocenters. The predicted octanol–water partition coefficient (Wildman–Crippen LogP) is 1.43. The maximum Gasteiger partial charge on any atom is 0.269 e. The Labute approximate surface area is 178 Å². The van der Waals surface area contributed by atoms with Gasteiger partial charge in [0.1, 0.15) is 0 Å². The van der Waals surface area contributed by atoms with E-state index in [0.29, 0.717) is 0 Å². The molecule has 160 valence electrons. The molecule has 12 heteroatoms. The molecule has 32 heavy (non-hydrogen) atoms. The lowest BCUT2D eigenvalue weighted by molar-refractivity contribution is -0.385. The minimum Gasteiger partial charge on any atom is -0.274 e. The van der Waals surface area contributed by atoms with Crippen molar-refractivity contribution in [3.05, 3.63) is 68.8 Å². The SMILES string of the molecule is O=C1C2C(C(=O)N1c1ccc([N+](=O)[O-])cc1)C1C(=O)N(c3ccc([N+](=O)[O-])cc3)C(=O)C21. The van der Waals surface area contributed by atoms with Crippen LogP contribution in [0.2, 0.25) is 0 Å². The van der Waals surface area contributed by atoms with Gasteiger partial charge in [-0.1, -0.05) is 0 Å². The van der Waals surface area contributed by atoms with Crippen molar-refractivity contribution in [2.24, 2.45) is 23.7 Å². The molecule has 3 fully saturated rings. The Bertz CT molecular complexity index is 1090. The van der Waals surface area contributed by atoms with Crippen molar-refractivity contribution in [1.29, 1.82) is 0 Å². The van der Waals surface area contributed by atoms with Gasteiger partial charge in [0, 0.05) is 24.3 Å². The first-order valence-corrected chi connectivity index (χ1v) is 9.47. The lowest BCUT2D eigenvalue weighted by Crippen LogP contribution is -2.50. The van der Waals surface area contributed by atoms with E-state index in [1.807, 2.05) is 0 Å². The number of hydrogen-bond acceptors (Lipinski definition) is 8. The first kappa shape index (κ1) is 19.5. The molecule has 2 heterocycles. The molecule has 0 radical (unpaired) electrons. The Morgan fingerprint density at radius 2 is 0.781 bits per heavy atom. The van der Waals surface area contributed by atoms with Crippen LogP contribution in [0.1, 0.15) is 0 Å². The summed E-state index contributed by atoms with van der Waals surface area (Å²) in [6, 6.07) is 9.69. The van der Waals surface area contributed by atoms with Gasteiger partial charge in [0.2, 0.25) is 23.6 Å². The highest BCUT2D eigenvalue weighted by Crippen LogP contribution is 2.57. The normalized spacial score (nSPS) is 26.1. The van der Waals surface area contributed by atoms with Gasteiger partial charge < -0.3 is 0 Å². The van der Waals surface area contributed by atoms with E-state index in [4.69, 9.17) is 0 Å². The minimum absolute atomic E-state index is 0.130. The third-order valence-corrected chi connectivity index (χ3v) is 6.21. The molecule has 3 aliphatic rings. The Kier molecular flexibility index (Phi) is 3.96. The molecular weight excluding hydrogens is 424 g/mol. The van der Waals surface area contributed by atoms with Gasteiger partial charge in [-0.3, -0.25) is 49.2 Å². The number of benzene rings is 2. The van der Waals surface area contributed by atoms with Crippen LogP contribution in [0, 0.1) is 43.9 Å². The summed E-state index contributed by atoms with van der Waals surface area (Å²) in [5.41, 5.74) is -0.163. The van der Waals surface area contributed by atoms with Crippen LogP contribution in [0.5, 0.6) is 0 Å². The molecule has 0 bridgehead atoms. The highest BCUT2D eigenvalue weighted by atomic mass is 16.6. The zero-order valence-corrected chi connectivity index (χ0v) is 16.0. The van der Waals surface area contributed by atoms with E-state index in [9.17, 15) is 39.4 Å². The molecule has 0 aromatic heterocycles. The Morgan fingerprint density at radius 1 is 0.531 bits per heavy atom. The summed E-state index contributed by atoms with van der Waals surface area (Å²) in [6.45, 7) is 0. The third kappa shape index (κ3) is 2.43. The summed E-state index contributed by atoms with van der Waals surface area (Å²) in [6.07, 6.45) is 0. The van der Waals surface area contributed by atoms with Crippen molar-refractivity contribution < 1.29 is 29.0 Å². The average Bonchev–Trinajstić information content (AvgIpc) is 3.06. The topological polar surface area (TPSA) is 161 Å². The molecule has 0 atom stereocenters. The van der Waals surface area contributed by atoms with Crippen molar-refractivity contribution in [2.75, 3.05) is 9.80 Å². The van der Waals surface area contributed by atoms with Crippen LogP contribution in [0.4, 0.5) is 22.7 Å². The zero-order valence-electron chi connectivity index (χ0n) is 16.0. The summed E-state index contributed by atoms with van der Waals surface area (Å²) in [5, 5.41) is 21.7. The molecule has 0 N–H and O–H groups in total. The highest BCUT2D eigenvalue weighted by molar-refractivity contribution is 6.32. The molecule has 4 amide bonds. The first-order chi connectivity index (χ1) is 15.2. The van der Waals surface area contributed by atoms with Gasteiger partial charge >= 0.3 is 0 Å². The summed E-state index contributed by atoms with van der Waals surface area (Å²) in [7, 11) is 0. The number of non-ortho nitro benzene ring substituents is 2. The van der Waals surface area contributed by atoms with Crippen LogP contribution in [0.25, 0.3) is 0 Å². The fourth-order valence-electron chi connectivity index (χ4n) is 4.75. The highest BCUT2D eigenvalue weighted by Gasteiger charge is 2.73. The van der Waals surface area contributed by atoms with E-state index in [2.05, 4.69) is 0 Å². The van der Waals surface area contributed by atoms with Gasteiger partial charge in [0.25, 0.3) is 11.4 Å². The second-order valence-corrected chi connectivity index (χ2v) is 7.67. The van der Waals surface area contributed by atoms with Gasteiger partial charge in [-0.25, -0.2) is 0 Å². The van der Waals surface area contributed by atoms with Gasteiger partial charge in [-0.15, -0.1) is 0 Å². The monoisotopic (exact) mass is 436 g/mol. The van der Waals surface area contributed by atoms with Crippen LogP contribution >= 0.6 is 0 Å². The maximum atomic E-state index is 13.0. The summed E-state index contributed by atoms with van der Waals surface area (Å²) in [4.78, 5) is 74.0. The molecule has 5 rings (SSSR count). The van der Waals surface area contributed by atoms with Crippen molar-refractivity contribution in [2.45, 2.75) is 0 Å². The smallest absolute Gasteiger partial charge is 0.269 e. The number of nitrogens with zero attached hydrogens (tertiary/aromatic N) is 4. The number of carbonyl (C=O) groups is 4. The van der Waals surface area contributed by atoms with Crippen LogP contribution in [0.15, 0.2) is 48.5 Å². The van der Waals surface area contributed by atoms with Crippen LogP contribution in [-0.4, -0.2) is 33.5 Å². The second-order valence-electron chi connectivity index (χ2n) is 7.67. The van der Waals surface area contributed by atoms with Gasteiger partial charge in [-0.2, -0.15) is 0 Å². The average molecular weight is 436 g/mol. The standard InChI is InChI=1S/C20H12N4O8/c25-17-13-14(18(26)21(17)9-1-5-11(6-2-9)23(29)30)16-15(13)19(27)22(20(16)28)10-3-7-12(8-4-10)24(31)32/h1-8,13-16H. The Balaban J connectivity index is 1.43. The third-order valence-electron chi connectivity index (χ3n) is 6.21. The number of rotatable bonds is 4. The fraction of sp³-hybridized carbons (Fsp3) is 0.200. The van der Waals surface area contributed by atoms with Crippen LogP contribution in [0.3, 0.4) is 0 Å². The number of hydrogen-bond donors (Lipinski definition) is 0. The van der Waals surface area contributed by atoms with Crippen molar-refractivity contribution >= 4 is 46.4 Å². The number of nitro groups is 2. The maximum absolute atomic E-state index is 13.0. The number of nitro benzene ring substituents is 2. The van der Waals surface area contributed by atoms with E-state index in [1.54, 1.807) is 0 Å². The van der Waals surface area contributed by atoms with E-state index in [-0.39, 0.29) is 22.7 Å². The molecule has 2 aromatic carbocycles. The van der Waals surface area contributed by atoms with Crippen molar-refractivity contribution in [1.82, 2.24) is 0 Å². The lowest BCUT2D eigenvalue weighted by Gasteiger charge is -2.36. The molecular formula is C20H12N4O8. The zero-order chi connectivity index (χ0) is 22.9. The van der Waals surface area contributed by atoms with Crippen molar-refractivity contribution in [3.8, 4) is 0 Å². The molecule has 0 spiro atoms. The molecule has 2 aromatic rings. The number of fused-ring (bicyclic) bond motifs is 4.